The predicted molar refractivity (Wildman–Crippen MR) is 73.2 cm³/mol. The standard InChI is InChI=1S/C13H12ClN5/c1-7-4-5-10(8(2)15-7)13-18-17-12-6-11(14)16-9(3)19(12)13/h4-6H,1-3H3. The Labute approximate surface area is 115 Å². The van der Waals surface area contributed by atoms with Crippen molar-refractivity contribution in [2.45, 2.75) is 20.8 Å². The molecular formula is C13H12ClN5. The third kappa shape index (κ3) is 1.96. The molecule has 0 aromatic carbocycles. The van der Waals surface area contributed by atoms with Gasteiger partial charge < -0.3 is 0 Å². The molecule has 0 spiro atoms. The lowest BCUT2D eigenvalue weighted by Crippen LogP contribution is -2.00. The van der Waals surface area contributed by atoms with E-state index in [1.807, 2.05) is 37.3 Å². The molecule has 0 amide bonds. The molecule has 96 valence electrons. The summed E-state index contributed by atoms with van der Waals surface area (Å²) in [4.78, 5) is 8.69. The summed E-state index contributed by atoms with van der Waals surface area (Å²) in [5.74, 6) is 1.49. The van der Waals surface area contributed by atoms with Crippen molar-refractivity contribution >= 4 is 17.2 Å². The maximum Gasteiger partial charge on any atom is 0.171 e. The van der Waals surface area contributed by atoms with Gasteiger partial charge in [0.2, 0.25) is 0 Å². The summed E-state index contributed by atoms with van der Waals surface area (Å²) in [6.07, 6.45) is 0. The van der Waals surface area contributed by atoms with Crippen molar-refractivity contribution < 1.29 is 0 Å². The fourth-order valence-electron chi connectivity index (χ4n) is 2.15. The van der Waals surface area contributed by atoms with Crippen LogP contribution in [-0.2, 0) is 0 Å². The molecule has 0 unspecified atom stereocenters. The first-order chi connectivity index (χ1) is 9.06. The van der Waals surface area contributed by atoms with Gasteiger partial charge in [0.05, 0.1) is 0 Å². The zero-order valence-corrected chi connectivity index (χ0v) is 11.6. The summed E-state index contributed by atoms with van der Waals surface area (Å²) >= 11 is 5.93. The molecule has 6 heteroatoms. The molecule has 0 N–H and O–H groups in total. The average Bonchev–Trinajstić information content (AvgIpc) is 2.72. The summed E-state index contributed by atoms with van der Waals surface area (Å²) in [6.45, 7) is 5.80. The molecule has 5 nitrogen and oxygen atoms in total. The summed E-state index contributed by atoms with van der Waals surface area (Å²) in [7, 11) is 0. The van der Waals surface area contributed by atoms with Crippen LogP contribution in [0.2, 0.25) is 5.15 Å². The number of hydrogen-bond acceptors (Lipinski definition) is 4. The van der Waals surface area contributed by atoms with Crippen molar-refractivity contribution in [2.75, 3.05) is 0 Å². The highest BCUT2D eigenvalue weighted by Gasteiger charge is 2.14. The van der Waals surface area contributed by atoms with Crippen molar-refractivity contribution in [3.8, 4) is 11.4 Å². The second kappa shape index (κ2) is 4.28. The molecule has 3 heterocycles. The highest BCUT2D eigenvalue weighted by Crippen LogP contribution is 2.23. The molecule has 0 radical (unpaired) electrons. The van der Waals surface area contributed by atoms with Gasteiger partial charge in [-0.25, -0.2) is 4.98 Å². The second-order valence-corrected chi connectivity index (χ2v) is 4.82. The molecule has 0 aliphatic rings. The smallest absolute Gasteiger partial charge is 0.171 e. The first-order valence-electron chi connectivity index (χ1n) is 5.89. The van der Waals surface area contributed by atoms with E-state index >= 15 is 0 Å². The van der Waals surface area contributed by atoms with Crippen LogP contribution in [0.25, 0.3) is 17.0 Å². The molecule has 3 aromatic rings. The van der Waals surface area contributed by atoms with Gasteiger partial charge in [-0.3, -0.25) is 9.38 Å². The third-order valence-corrected chi connectivity index (χ3v) is 3.19. The normalized spacial score (nSPS) is 11.2. The minimum atomic E-state index is 0.419. The molecule has 0 fully saturated rings. The molecule has 0 bridgehead atoms. The summed E-state index contributed by atoms with van der Waals surface area (Å²) in [5.41, 5.74) is 3.54. The van der Waals surface area contributed by atoms with Crippen LogP contribution in [0, 0.1) is 20.8 Å². The maximum atomic E-state index is 5.93. The quantitative estimate of drug-likeness (QED) is 0.640. The van der Waals surface area contributed by atoms with Gasteiger partial charge in [-0.1, -0.05) is 11.6 Å². The van der Waals surface area contributed by atoms with Crippen LogP contribution < -0.4 is 0 Å². The molecule has 0 aliphatic carbocycles. The molecule has 0 atom stereocenters. The van der Waals surface area contributed by atoms with E-state index in [-0.39, 0.29) is 0 Å². The molecule has 19 heavy (non-hydrogen) atoms. The van der Waals surface area contributed by atoms with E-state index in [0.29, 0.717) is 10.8 Å². The third-order valence-electron chi connectivity index (χ3n) is 2.99. The Balaban J connectivity index is 2.31. The van der Waals surface area contributed by atoms with Crippen LogP contribution in [0.5, 0.6) is 0 Å². The SMILES string of the molecule is Cc1ccc(-c2nnc3cc(Cl)nc(C)n23)c(C)n1. The van der Waals surface area contributed by atoms with E-state index in [0.717, 1.165) is 28.6 Å². The van der Waals surface area contributed by atoms with E-state index in [2.05, 4.69) is 20.2 Å². The van der Waals surface area contributed by atoms with Crippen LogP contribution in [0.4, 0.5) is 0 Å². The fraction of sp³-hybridized carbons (Fsp3) is 0.231. The summed E-state index contributed by atoms with van der Waals surface area (Å²) in [6, 6.07) is 5.66. The first kappa shape index (κ1) is 12.0. The summed E-state index contributed by atoms with van der Waals surface area (Å²) in [5, 5.41) is 8.79. The van der Waals surface area contributed by atoms with Gasteiger partial charge in [0.15, 0.2) is 11.5 Å². The van der Waals surface area contributed by atoms with Gasteiger partial charge in [0, 0.05) is 23.0 Å². The molecule has 0 aliphatic heterocycles. The largest absolute Gasteiger partial charge is 0.263 e. The Morgan fingerprint density at radius 2 is 1.84 bits per heavy atom. The topological polar surface area (TPSA) is 56.0 Å². The number of halogens is 1. The lowest BCUT2D eigenvalue weighted by atomic mass is 10.2. The fourth-order valence-corrected chi connectivity index (χ4v) is 2.37. The minimum Gasteiger partial charge on any atom is -0.263 e. The Bertz CT molecular complexity index is 778. The zero-order chi connectivity index (χ0) is 13.6. The first-order valence-corrected chi connectivity index (χ1v) is 6.27. The van der Waals surface area contributed by atoms with Gasteiger partial charge in [-0.15, -0.1) is 10.2 Å². The highest BCUT2D eigenvalue weighted by atomic mass is 35.5. The van der Waals surface area contributed by atoms with Crippen molar-refractivity contribution in [1.82, 2.24) is 24.6 Å². The van der Waals surface area contributed by atoms with Gasteiger partial charge >= 0.3 is 0 Å². The Morgan fingerprint density at radius 3 is 2.58 bits per heavy atom. The highest BCUT2D eigenvalue weighted by molar-refractivity contribution is 6.29. The van der Waals surface area contributed by atoms with E-state index in [9.17, 15) is 0 Å². The van der Waals surface area contributed by atoms with Gasteiger partial charge in [-0.2, -0.15) is 0 Å². The van der Waals surface area contributed by atoms with Gasteiger partial charge in [0.25, 0.3) is 0 Å². The van der Waals surface area contributed by atoms with Crippen LogP contribution in [0.15, 0.2) is 18.2 Å². The zero-order valence-electron chi connectivity index (χ0n) is 10.8. The lowest BCUT2D eigenvalue weighted by molar-refractivity contribution is 0.982. The number of nitrogens with zero attached hydrogens (tertiary/aromatic N) is 5. The monoisotopic (exact) mass is 273 g/mol. The number of aromatic nitrogens is 5. The number of pyridine rings is 1. The van der Waals surface area contributed by atoms with Gasteiger partial charge in [-0.05, 0) is 32.9 Å². The minimum absolute atomic E-state index is 0.419. The lowest BCUT2D eigenvalue weighted by Gasteiger charge is -2.06. The molecule has 0 saturated heterocycles. The number of aryl methyl sites for hydroxylation is 3. The van der Waals surface area contributed by atoms with E-state index in [1.54, 1.807) is 6.07 Å². The van der Waals surface area contributed by atoms with E-state index < -0.39 is 0 Å². The Kier molecular flexibility index (Phi) is 2.71. The maximum absolute atomic E-state index is 5.93. The summed E-state index contributed by atoms with van der Waals surface area (Å²) < 4.78 is 1.88. The van der Waals surface area contributed by atoms with Crippen molar-refractivity contribution in [3.05, 3.63) is 40.6 Å². The Morgan fingerprint density at radius 1 is 1.05 bits per heavy atom. The van der Waals surface area contributed by atoms with Gasteiger partial charge in [0.1, 0.15) is 11.0 Å². The second-order valence-electron chi connectivity index (χ2n) is 4.43. The molecular weight excluding hydrogens is 262 g/mol. The predicted octanol–water partition coefficient (Wildman–Crippen LogP) is 2.76. The van der Waals surface area contributed by atoms with E-state index in [4.69, 9.17) is 11.6 Å². The van der Waals surface area contributed by atoms with Crippen molar-refractivity contribution in [2.24, 2.45) is 0 Å². The number of rotatable bonds is 1. The van der Waals surface area contributed by atoms with Crippen LogP contribution in [0.1, 0.15) is 17.2 Å². The molecule has 3 rings (SSSR count). The Hall–Kier alpha value is -2.01. The molecule has 0 saturated carbocycles. The molecule has 3 aromatic heterocycles. The van der Waals surface area contributed by atoms with Crippen molar-refractivity contribution in [3.63, 3.8) is 0 Å². The number of fused-ring (bicyclic) bond motifs is 1. The van der Waals surface area contributed by atoms with Crippen LogP contribution in [-0.4, -0.2) is 24.6 Å². The number of hydrogen-bond donors (Lipinski definition) is 0. The van der Waals surface area contributed by atoms with Crippen molar-refractivity contribution in [1.29, 1.82) is 0 Å². The van der Waals surface area contributed by atoms with Crippen LogP contribution >= 0.6 is 11.6 Å². The van der Waals surface area contributed by atoms with Crippen LogP contribution in [0.3, 0.4) is 0 Å². The van der Waals surface area contributed by atoms with E-state index in [1.165, 1.54) is 0 Å². The average molecular weight is 274 g/mol.